The van der Waals surface area contributed by atoms with E-state index in [9.17, 15) is 4.79 Å². The minimum absolute atomic E-state index is 0. The molecule has 0 aliphatic carbocycles. The fraction of sp³-hybridized carbons (Fsp3) is 0.400. The minimum atomic E-state index is -0.598. The third-order valence-electron chi connectivity index (χ3n) is 1.77. The number of ether oxygens (including phenoxy) is 1. The molecule has 5 heteroatoms. The van der Waals surface area contributed by atoms with Crippen molar-refractivity contribution >= 4 is 18.4 Å². The number of carbonyl (C=O) groups is 1. The Morgan fingerprint density at radius 3 is 2.93 bits per heavy atom. The fourth-order valence-corrected chi connectivity index (χ4v) is 1.11. The molecule has 1 aromatic heterocycles. The minimum Gasteiger partial charge on any atom is -0.465 e. The van der Waals surface area contributed by atoms with Crippen LogP contribution in [-0.4, -0.2) is 23.6 Å². The highest BCUT2D eigenvalue weighted by Crippen LogP contribution is 2.00. The predicted molar refractivity (Wildman–Crippen MR) is 59.8 cm³/mol. The van der Waals surface area contributed by atoms with Crippen LogP contribution in [-0.2, 0) is 16.0 Å². The van der Waals surface area contributed by atoms with Crippen molar-refractivity contribution in [2.24, 2.45) is 5.73 Å². The van der Waals surface area contributed by atoms with Crippen LogP contribution in [0.3, 0.4) is 0 Å². The number of pyridine rings is 1. The first-order valence-electron chi connectivity index (χ1n) is 4.55. The lowest BCUT2D eigenvalue weighted by molar-refractivity contribution is -0.144. The van der Waals surface area contributed by atoms with Crippen molar-refractivity contribution < 1.29 is 9.53 Å². The fourth-order valence-electron chi connectivity index (χ4n) is 1.11. The second kappa shape index (κ2) is 7.20. The number of hydrogen-bond donors (Lipinski definition) is 1. The van der Waals surface area contributed by atoms with Crippen molar-refractivity contribution in [3.05, 3.63) is 30.1 Å². The summed E-state index contributed by atoms with van der Waals surface area (Å²) in [5, 5.41) is 0. The second-order valence-corrected chi connectivity index (χ2v) is 2.92. The molecule has 0 bridgehead atoms. The molecule has 1 atom stereocenters. The molecule has 1 heterocycles. The van der Waals surface area contributed by atoms with Gasteiger partial charge < -0.3 is 10.5 Å². The van der Waals surface area contributed by atoms with Crippen LogP contribution in [0, 0.1) is 0 Å². The number of nitrogens with zero attached hydrogens (tertiary/aromatic N) is 1. The van der Waals surface area contributed by atoms with Gasteiger partial charge in [0.2, 0.25) is 0 Å². The summed E-state index contributed by atoms with van der Waals surface area (Å²) in [5.41, 5.74) is 6.57. The van der Waals surface area contributed by atoms with Crippen LogP contribution in [0.4, 0.5) is 0 Å². The molecule has 0 radical (unpaired) electrons. The van der Waals surface area contributed by atoms with E-state index >= 15 is 0 Å². The van der Waals surface area contributed by atoms with Crippen molar-refractivity contribution in [3.63, 3.8) is 0 Å². The Morgan fingerprint density at radius 1 is 1.67 bits per heavy atom. The molecule has 1 rings (SSSR count). The Balaban J connectivity index is 0.00000196. The van der Waals surface area contributed by atoms with Crippen molar-refractivity contribution in [1.82, 2.24) is 4.98 Å². The lowest BCUT2D eigenvalue weighted by Gasteiger charge is -2.09. The van der Waals surface area contributed by atoms with Crippen LogP contribution in [0.15, 0.2) is 24.5 Å². The third kappa shape index (κ3) is 4.76. The average molecular weight is 231 g/mol. The number of rotatable bonds is 4. The van der Waals surface area contributed by atoms with Gasteiger partial charge in [0.05, 0.1) is 6.61 Å². The lowest BCUT2D eigenvalue weighted by Crippen LogP contribution is -2.34. The van der Waals surface area contributed by atoms with Gasteiger partial charge in [-0.25, -0.2) is 0 Å². The Hall–Kier alpha value is -1.13. The Morgan fingerprint density at radius 2 is 2.40 bits per heavy atom. The van der Waals surface area contributed by atoms with Crippen molar-refractivity contribution in [1.29, 1.82) is 0 Å². The van der Waals surface area contributed by atoms with E-state index in [0.29, 0.717) is 13.0 Å². The lowest BCUT2D eigenvalue weighted by atomic mass is 10.1. The number of nitrogens with two attached hydrogens (primary N) is 1. The van der Waals surface area contributed by atoms with Gasteiger partial charge in [-0.05, 0) is 25.0 Å². The zero-order chi connectivity index (χ0) is 10.4. The zero-order valence-electron chi connectivity index (χ0n) is 8.55. The van der Waals surface area contributed by atoms with Gasteiger partial charge in [0, 0.05) is 12.4 Å². The van der Waals surface area contributed by atoms with Crippen molar-refractivity contribution in [2.45, 2.75) is 19.4 Å². The van der Waals surface area contributed by atoms with Gasteiger partial charge in [0.15, 0.2) is 0 Å². The quantitative estimate of drug-likeness (QED) is 0.782. The van der Waals surface area contributed by atoms with E-state index in [0.717, 1.165) is 5.56 Å². The van der Waals surface area contributed by atoms with Crippen molar-refractivity contribution in [3.8, 4) is 0 Å². The molecule has 84 valence electrons. The van der Waals surface area contributed by atoms with Crippen LogP contribution < -0.4 is 5.73 Å². The monoisotopic (exact) mass is 230 g/mol. The number of carbonyl (C=O) groups excluding carboxylic acids is 1. The maximum atomic E-state index is 11.2. The second-order valence-electron chi connectivity index (χ2n) is 2.92. The van der Waals surface area contributed by atoms with Crippen molar-refractivity contribution in [2.75, 3.05) is 6.61 Å². The van der Waals surface area contributed by atoms with E-state index in [2.05, 4.69) is 4.98 Å². The summed E-state index contributed by atoms with van der Waals surface area (Å²) in [5.74, 6) is -0.364. The molecule has 0 amide bonds. The van der Waals surface area contributed by atoms with Gasteiger partial charge in [-0.1, -0.05) is 6.07 Å². The first kappa shape index (κ1) is 13.9. The molecular formula is C10H15ClN2O2. The highest BCUT2D eigenvalue weighted by atomic mass is 35.5. The standard InChI is InChI=1S/C10H14N2O2.ClH/c1-2-14-10(13)9(11)6-8-4-3-5-12-7-8;/h3-5,7,9H,2,6,11H2,1H3;1H. The van der Waals surface area contributed by atoms with Crippen LogP contribution in [0.25, 0.3) is 0 Å². The summed E-state index contributed by atoms with van der Waals surface area (Å²) in [6.45, 7) is 2.12. The summed E-state index contributed by atoms with van der Waals surface area (Å²) < 4.78 is 4.79. The summed E-state index contributed by atoms with van der Waals surface area (Å²) in [4.78, 5) is 15.1. The maximum absolute atomic E-state index is 11.2. The summed E-state index contributed by atoms with van der Waals surface area (Å²) in [6, 6.07) is 3.10. The molecule has 1 aromatic rings. The molecule has 0 spiro atoms. The molecule has 2 N–H and O–H groups in total. The van der Waals surface area contributed by atoms with E-state index in [1.807, 2.05) is 12.1 Å². The molecule has 0 saturated carbocycles. The molecule has 4 nitrogen and oxygen atoms in total. The Kier molecular flexibility index (Phi) is 6.66. The maximum Gasteiger partial charge on any atom is 0.323 e. The first-order valence-corrected chi connectivity index (χ1v) is 4.55. The molecule has 0 aliphatic heterocycles. The van der Waals surface area contributed by atoms with Crippen LogP contribution in [0.5, 0.6) is 0 Å². The summed E-state index contributed by atoms with van der Waals surface area (Å²) in [7, 11) is 0. The summed E-state index contributed by atoms with van der Waals surface area (Å²) in [6.07, 6.45) is 3.84. The Bertz CT molecular complexity index is 293. The summed E-state index contributed by atoms with van der Waals surface area (Å²) >= 11 is 0. The normalized spacial score (nSPS) is 11.3. The first-order chi connectivity index (χ1) is 6.74. The van der Waals surface area contributed by atoms with Gasteiger partial charge in [-0.15, -0.1) is 12.4 Å². The molecule has 0 aromatic carbocycles. The highest BCUT2D eigenvalue weighted by molar-refractivity contribution is 5.85. The number of halogens is 1. The smallest absolute Gasteiger partial charge is 0.323 e. The van der Waals surface area contributed by atoms with Gasteiger partial charge in [-0.2, -0.15) is 0 Å². The topological polar surface area (TPSA) is 65.2 Å². The van der Waals surface area contributed by atoms with Crippen LogP contribution >= 0.6 is 12.4 Å². The zero-order valence-corrected chi connectivity index (χ0v) is 9.37. The van der Waals surface area contributed by atoms with E-state index in [1.54, 1.807) is 19.3 Å². The number of esters is 1. The largest absolute Gasteiger partial charge is 0.465 e. The van der Waals surface area contributed by atoms with Gasteiger partial charge >= 0.3 is 5.97 Å². The number of hydrogen-bond acceptors (Lipinski definition) is 4. The average Bonchev–Trinajstić information content (AvgIpc) is 2.19. The van der Waals surface area contributed by atoms with E-state index in [4.69, 9.17) is 10.5 Å². The van der Waals surface area contributed by atoms with E-state index in [1.165, 1.54) is 0 Å². The molecule has 0 saturated heterocycles. The van der Waals surface area contributed by atoms with Crippen LogP contribution in [0.2, 0.25) is 0 Å². The molecule has 0 aliphatic rings. The molecule has 1 unspecified atom stereocenters. The SMILES string of the molecule is CCOC(=O)C(N)Cc1cccnc1.Cl. The highest BCUT2D eigenvalue weighted by Gasteiger charge is 2.14. The van der Waals surface area contributed by atoms with E-state index in [-0.39, 0.29) is 18.4 Å². The number of aromatic nitrogens is 1. The van der Waals surface area contributed by atoms with E-state index < -0.39 is 6.04 Å². The van der Waals surface area contributed by atoms with Gasteiger partial charge in [0.25, 0.3) is 0 Å². The molecule has 0 fully saturated rings. The van der Waals surface area contributed by atoms with Gasteiger partial charge in [-0.3, -0.25) is 9.78 Å². The molecular weight excluding hydrogens is 216 g/mol. The molecule has 15 heavy (non-hydrogen) atoms. The van der Waals surface area contributed by atoms with Gasteiger partial charge in [0.1, 0.15) is 6.04 Å². The third-order valence-corrected chi connectivity index (χ3v) is 1.77. The predicted octanol–water partition coefficient (Wildman–Crippen LogP) is 0.936. The Labute approximate surface area is 95.2 Å². The van der Waals surface area contributed by atoms with Crippen LogP contribution in [0.1, 0.15) is 12.5 Å².